The Morgan fingerprint density at radius 1 is 1.25 bits per heavy atom. The van der Waals surface area contributed by atoms with Gasteiger partial charge in [0.05, 0.1) is 16.9 Å². The van der Waals surface area contributed by atoms with Gasteiger partial charge in [-0.05, 0) is 51.9 Å². The van der Waals surface area contributed by atoms with E-state index in [0.29, 0.717) is 6.54 Å². The summed E-state index contributed by atoms with van der Waals surface area (Å²) in [4.78, 5) is 15.0. The number of fused-ring (bicyclic) bond motifs is 2. The van der Waals surface area contributed by atoms with Crippen molar-refractivity contribution >= 4 is 5.97 Å². The molecule has 0 amide bonds. The molecule has 2 heterocycles. The van der Waals surface area contributed by atoms with E-state index in [4.69, 9.17) is 18.9 Å². The molecule has 1 aliphatic carbocycles. The lowest BCUT2D eigenvalue weighted by molar-refractivity contribution is -0.160. The molecule has 4 atom stereocenters. The lowest BCUT2D eigenvalue weighted by Gasteiger charge is -2.42. The monoisotopic (exact) mass is 387 g/mol. The Hall–Kier alpha value is -2.05. The molecule has 6 nitrogen and oxygen atoms in total. The van der Waals surface area contributed by atoms with Crippen LogP contribution < -0.4 is 9.47 Å². The highest BCUT2D eigenvalue weighted by Gasteiger charge is 2.57. The molecule has 6 heteroatoms. The molecule has 0 saturated carbocycles. The molecule has 0 bridgehead atoms. The van der Waals surface area contributed by atoms with Crippen LogP contribution in [-0.4, -0.2) is 56.6 Å². The molecule has 0 aromatic heterocycles. The molecule has 4 rings (SSSR count). The smallest absolute Gasteiger partial charge is 0.311 e. The number of hydrogen-bond donors (Lipinski definition) is 0. The van der Waals surface area contributed by atoms with Gasteiger partial charge in [-0.3, -0.25) is 9.69 Å². The van der Waals surface area contributed by atoms with Crippen LogP contribution in [0.1, 0.15) is 32.8 Å². The van der Waals surface area contributed by atoms with Crippen molar-refractivity contribution < 1.29 is 23.7 Å². The van der Waals surface area contributed by atoms with Crippen molar-refractivity contribution in [1.82, 2.24) is 4.90 Å². The van der Waals surface area contributed by atoms with Crippen molar-refractivity contribution in [3.05, 3.63) is 35.9 Å². The number of methoxy groups -OCH3 is 1. The van der Waals surface area contributed by atoms with Crippen LogP contribution in [0.25, 0.3) is 0 Å². The lowest BCUT2D eigenvalue weighted by atomic mass is 9.68. The number of benzene rings is 1. The van der Waals surface area contributed by atoms with Gasteiger partial charge in [0.1, 0.15) is 6.10 Å². The molecule has 28 heavy (non-hydrogen) atoms. The number of likely N-dealkylation sites (tertiary alicyclic amines) is 1. The van der Waals surface area contributed by atoms with Gasteiger partial charge in [-0.25, -0.2) is 0 Å². The second kappa shape index (κ2) is 6.78. The van der Waals surface area contributed by atoms with Crippen LogP contribution in [0.5, 0.6) is 11.5 Å². The number of ether oxygens (including phenoxy) is 4. The van der Waals surface area contributed by atoms with Gasteiger partial charge < -0.3 is 18.9 Å². The molecule has 0 N–H and O–H groups in total. The number of carbonyl (C=O) groups excluding carboxylic acids is 1. The molecule has 0 unspecified atom stereocenters. The molecule has 0 spiro atoms. The first-order valence-corrected chi connectivity index (χ1v) is 9.79. The summed E-state index contributed by atoms with van der Waals surface area (Å²) in [6.45, 7) is 6.56. The van der Waals surface area contributed by atoms with E-state index in [0.717, 1.165) is 23.5 Å². The highest BCUT2D eigenvalue weighted by Crippen LogP contribution is 2.49. The van der Waals surface area contributed by atoms with E-state index in [-0.39, 0.29) is 31.0 Å². The largest absolute Gasteiger partial charge is 0.459 e. The third-order valence-corrected chi connectivity index (χ3v) is 6.15. The molecule has 3 aliphatic rings. The summed E-state index contributed by atoms with van der Waals surface area (Å²) in [6, 6.07) is 6.19. The molecule has 1 aromatic carbocycles. The third kappa shape index (κ3) is 2.99. The van der Waals surface area contributed by atoms with Gasteiger partial charge in [-0.2, -0.15) is 0 Å². The van der Waals surface area contributed by atoms with Gasteiger partial charge in [-0.1, -0.05) is 18.2 Å². The van der Waals surface area contributed by atoms with Gasteiger partial charge >= 0.3 is 5.97 Å². The van der Waals surface area contributed by atoms with Crippen molar-refractivity contribution in [2.75, 3.05) is 27.5 Å². The molecule has 0 radical (unpaired) electrons. The van der Waals surface area contributed by atoms with Crippen molar-refractivity contribution in [3.63, 3.8) is 0 Å². The van der Waals surface area contributed by atoms with E-state index < -0.39 is 10.8 Å². The number of nitrogens with zero attached hydrogens (tertiary/aromatic N) is 1. The number of likely N-dealkylation sites (N-methyl/N-ethyl adjacent to an activating group) is 1. The van der Waals surface area contributed by atoms with Crippen LogP contribution in [-0.2, 0) is 19.7 Å². The summed E-state index contributed by atoms with van der Waals surface area (Å²) in [6.07, 6.45) is 4.87. The first-order valence-electron chi connectivity index (χ1n) is 9.79. The highest BCUT2D eigenvalue weighted by molar-refractivity contribution is 5.76. The normalized spacial score (nSPS) is 31.7. The number of esters is 1. The Bertz CT molecular complexity index is 799. The SMILES string of the molecule is CO[C@@H]1C=C[C@@]2(c3ccc4c(c3)OCO4)[C@@H](OC(=O)C(C)(C)C)CN(C)[C@H]2C1. The Morgan fingerprint density at radius 3 is 2.71 bits per heavy atom. The Kier molecular flexibility index (Phi) is 4.67. The molecular formula is C22H29NO5. The number of carbonyl (C=O) groups is 1. The minimum absolute atomic E-state index is 0.0478. The van der Waals surface area contributed by atoms with Gasteiger partial charge in [-0.15, -0.1) is 0 Å². The van der Waals surface area contributed by atoms with Crippen molar-refractivity contribution in [2.45, 2.75) is 50.9 Å². The summed E-state index contributed by atoms with van der Waals surface area (Å²) >= 11 is 0. The second-order valence-electron chi connectivity index (χ2n) is 8.97. The highest BCUT2D eigenvalue weighted by atomic mass is 16.7. The number of rotatable bonds is 3. The maximum atomic E-state index is 12.7. The predicted octanol–water partition coefficient (Wildman–Crippen LogP) is 2.90. The topological polar surface area (TPSA) is 57.2 Å². The fourth-order valence-electron chi connectivity index (χ4n) is 4.53. The van der Waals surface area contributed by atoms with E-state index in [1.54, 1.807) is 7.11 Å². The standard InChI is InChI=1S/C22H29NO5/c1-21(2,3)20(24)28-19-12-23(4)18-11-15(25-5)8-9-22(18,19)14-6-7-16-17(10-14)27-13-26-16/h6-10,15,18-19H,11-13H2,1-5H3/t15-,18+,19+,22+/m1/s1. The predicted molar refractivity (Wildman–Crippen MR) is 105 cm³/mol. The minimum atomic E-state index is -0.555. The van der Waals surface area contributed by atoms with Gasteiger partial charge in [0.2, 0.25) is 6.79 Å². The second-order valence-corrected chi connectivity index (χ2v) is 8.97. The summed E-state index contributed by atoms with van der Waals surface area (Å²) in [7, 11) is 3.82. The van der Waals surface area contributed by atoms with Crippen LogP contribution in [0.2, 0.25) is 0 Å². The average Bonchev–Trinajstić information content (AvgIpc) is 3.23. The zero-order valence-electron chi connectivity index (χ0n) is 17.2. The van der Waals surface area contributed by atoms with E-state index in [1.807, 2.05) is 32.9 Å². The van der Waals surface area contributed by atoms with Gasteiger partial charge in [0.15, 0.2) is 11.5 Å². The van der Waals surface area contributed by atoms with E-state index in [1.165, 1.54) is 0 Å². The third-order valence-electron chi connectivity index (χ3n) is 6.15. The van der Waals surface area contributed by atoms with Gasteiger partial charge in [0, 0.05) is 19.7 Å². The molecular weight excluding hydrogens is 358 g/mol. The van der Waals surface area contributed by atoms with Crippen molar-refractivity contribution in [3.8, 4) is 11.5 Å². The molecule has 1 aromatic rings. The Balaban J connectivity index is 1.79. The van der Waals surface area contributed by atoms with Crippen LogP contribution in [0.15, 0.2) is 30.4 Å². The van der Waals surface area contributed by atoms with E-state index in [9.17, 15) is 4.79 Å². The van der Waals surface area contributed by atoms with Crippen molar-refractivity contribution in [1.29, 1.82) is 0 Å². The lowest BCUT2D eigenvalue weighted by Crippen LogP contribution is -2.50. The molecule has 2 aliphatic heterocycles. The quantitative estimate of drug-likeness (QED) is 0.587. The maximum absolute atomic E-state index is 12.7. The zero-order chi connectivity index (χ0) is 20.1. The zero-order valence-corrected chi connectivity index (χ0v) is 17.2. The molecule has 1 fully saturated rings. The van der Waals surface area contributed by atoms with Crippen LogP contribution in [0.3, 0.4) is 0 Å². The van der Waals surface area contributed by atoms with Gasteiger partial charge in [0.25, 0.3) is 0 Å². The maximum Gasteiger partial charge on any atom is 0.311 e. The fourth-order valence-corrected chi connectivity index (χ4v) is 4.53. The van der Waals surface area contributed by atoms with Crippen LogP contribution in [0, 0.1) is 5.41 Å². The average molecular weight is 387 g/mol. The Morgan fingerprint density at radius 2 is 2.00 bits per heavy atom. The summed E-state index contributed by atoms with van der Waals surface area (Å²) in [5.74, 6) is 1.30. The Labute approximate surface area is 166 Å². The molecule has 1 saturated heterocycles. The first kappa shape index (κ1) is 19.3. The van der Waals surface area contributed by atoms with Crippen LogP contribution in [0.4, 0.5) is 0 Å². The molecule has 152 valence electrons. The van der Waals surface area contributed by atoms with Crippen LogP contribution >= 0.6 is 0 Å². The minimum Gasteiger partial charge on any atom is -0.459 e. The van der Waals surface area contributed by atoms with E-state index in [2.05, 4.69) is 30.2 Å². The fraction of sp³-hybridized carbons (Fsp3) is 0.591. The van der Waals surface area contributed by atoms with Crippen molar-refractivity contribution in [2.24, 2.45) is 5.41 Å². The van der Waals surface area contributed by atoms with E-state index >= 15 is 0 Å². The summed E-state index contributed by atoms with van der Waals surface area (Å²) in [5, 5.41) is 0. The number of hydrogen-bond acceptors (Lipinski definition) is 6. The summed E-state index contributed by atoms with van der Waals surface area (Å²) in [5.41, 5.74) is 0.0647. The first-order chi connectivity index (χ1) is 13.3. The summed E-state index contributed by atoms with van der Waals surface area (Å²) < 4.78 is 22.8.